The Morgan fingerprint density at radius 2 is 1.93 bits per heavy atom. The van der Waals surface area contributed by atoms with Crippen LogP contribution in [0.2, 0.25) is 0 Å². The zero-order valence-corrected chi connectivity index (χ0v) is 10.3. The number of benzene rings is 1. The Labute approximate surface area is 94.7 Å². The second-order valence-corrected chi connectivity index (χ2v) is 3.56. The molecule has 0 aliphatic carbocycles. The Morgan fingerprint density at radius 1 is 1.40 bits per heavy atom. The van der Waals surface area contributed by atoms with Crippen molar-refractivity contribution >= 4 is 23.4 Å². The van der Waals surface area contributed by atoms with Crippen LogP contribution in [0, 0.1) is 6.92 Å². The molecule has 1 aromatic carbocycles. The van der Waals surface area contributed by atoms with Gasteiger partial charge >= 0.3 is 5.97 Å². The number of thioether (sulfide) groups is 1. The average Bonchev–Trinajstić information content (AvgIpc) is 2.24. The number of hydrogen-bond acceptors (Lipinski definition) is 3. The van der Waals surface area contributed by atoms with Crippen LogP contribution in [0.3, 0.4) is 0 Å². The highest BCUT2D eigenvalue weighted by Gasteiger charge is 2.10. The Kier molecular flexibility index (Phi) is 5.86. The summed E-state index contributed by atoms with van der Waals surface area (Å²) in [6.45, 7) is 5.80. The Morgan fingerprint density at radius 3 is 2.33 bits per heavy atom. The predicted molar refractivity (Wildman–Crippen MR) is 65.7 cm³/mol. The van der Waals surface area contributed by atoms with E-state index in [1.54, 1.807) is 19.1 Å². The predicted octanol–water partition coefficient (Wildman–Crippen LogP) is 3.02. The van der Waals surface area contributed by atoms with Crippen molar-refractivity contribution in [3.05, 3.63) is 23.3 Å². The van der Waals surface area contributed by atoms with Crippen LogP contribution in [0.15, 0.2) is 17.0 Å². The second-order valence-electron chi connectivity index (χ2n) is 2.71. The highest BCUT2D eigenvalue weighted by atomic mass is 32.2. The maximum atomic E-state index is 10.8. The van der Waals surface area contributed by atoms with Crippen LogP contribution in [-0.4, -0.2) is 17.3 Å². The molecule has 0 aliphatic rings. The number of rotatable bonds is 2. The smallest absolute Gasteiger partial charge is 0.336 e. The highest BCUT2D eigenvalue weighted by Crippen LogP contribution is 2.25. The minimum absolute atomic E-state index is 0.319. The van der Waals surface area contributed by atoms with E-state index >= 15 is 0 Å². The molecule has 1 rings (SSSR count). The largest absolute Gasteiger partial charge is 0.478 e. The van der Waals surface area contributed by atoms with Gasteiger partial charge in [-0.05, 0) is 30.9 Å². The van der Waals surface area contributed by atoms with Crippen molar-refractivity contribution in [2.45, 2.75) is 25.7 Å². The van der Waals surface area contributed by atoms with E-state index in [-0.39, 0.29) is 0 Å². The summed E-state index contributed by atoms with van der Waals surface area (Å²) in [5.41, 5.74) is 7.41. The molecule has 0 aromatic heterocycles. The fourth-order valence-electron chi connectivity index (χ4n) is 1.04. The minimum Gasteiger partial charge on any atom is -0.478 e. The molecule has 0 radical (unpaired) electrons. The van der Waals surface area contributed by atoms with E-state index in [1.165, 1.54) is 11.8 Å². The van der Waals surface area contributed by atoms with E-state index in [9.17, 15) is 4.79 Å². The number of aromatic carboxylic acids is 1. The molecule has 0 bridgehead atoms. The number of carboxylic acid groups (broad SMARTS) is 1. The third kappa shape index (κ3) is 3.47. The van der Waals surface area contributed by atoms with Crippen LogP contribution in [-0.2, 0) is 0 Å². The van der Waals surface area contributed by atoms with Crippen LogP contribution < -0.4 is 5.73 Å². The fourth-order valence-corrected chi connectivity index (χ4v) is 1.65. The molecule has 0 fully saturated rings. The Hall–Kier alpha value is -1.16. The number of carbonyl (C=O) groups is 1. The van der Waals surface area contributed by atoms with Crippen molar-refractivity contribution < 1.29 is 9.90 Å². The third-order valence-electron chi connectivity index (χ3n) is 1.82. The molecular formula is C11H17NO2S. The monoisotopic (exact) mass is 227 g/mol. The number of carboxylic acids is 1. The fraction of sp³-hybridized carbons (Fsp3) is 0.364. The van der Waals surface area contributed by atoms with Gasteiger partial charge in [-0.2, -0.15) is 0 Å². The summed E-state index contributed by atoms with van der Waals surface area (Å²) in [7, 11) is 0. The van der Waals surface area contributed by atoms with E-state index in [2.05, 4.69) is 0 Å². The molecule has 0 aliphatic heterocycles. The molecule has 0 amide bonds. The molecule has 0 unspecified atom stereocenters. The lowest BCUT2D eigenvalue weighted by molar-refractivity contribution is 0.0693. The molecular weight excluding hydrogens is 210 g/mol. The maximum Gasteiger partial charge on any atom is 0.336 e. The van der Waals surface area contributed by atoms with Crippen LogP contribution in [0.4, 0.5) is 5.69 Å². The first kappa shape index (κ1) is 13.8. The van der Waals surface area contributed by atoms with Crippen LogP contribution in [0.1, 0.15) is 29.8 Å². The molecule has 0 spiro atoms. The van der Waals surface area contributed by atoms with Crippen molar-refractivity contribution in [3.8, 4) is 0 Å². The van der Waals surface area contributed by atoms with Crippen molar-refractivity contribution in [1.82, 2.24) is 0 Å². The molecule has 4 heteroatoms. The number of nitrogens with two attached hydrogens (primary N) is 1. The Bertz CT molecular complexity index is 351. The summed E-state index contributed by atoms with van der Waals surface area (Å²) >= 11 is 1.39. The summed E-state index contributed by atoms with van der Waals surface area (Å²) in [6.07, 6.45) is 1.83. The zero-order valence-electron chi connectivity index (χ0n) is 9.50. The van der Waals surface area contributed by atoms with Gasteiger partial charge in [0, 0.05) is 10.6 Å². The molecule has 15 heavy (non-hydrogen) atoms. The highest BCUT2D eigenvalue weighted by molar-refractivity contribution is 7.98. The second kappa shape index (κ2) is 6.35. The summed E-state index contributed by atoms with van der Waals surface area (Å²) in [5, 5.41) is 8.86. The maximum absolute atomic E-state index is 10.8. The summed E-state index contributed by atoms with van der Waals surface area (Å²) < 4.78 is 0. The van der Waals surface area contributed by atoms with Gasteiger partial charge in [0.25, 0.3) is 0 Å². The first-order valence-electron chi connectivity index (χ1n) is 4.73. The lowest BCUT2D eigenvalue weighted by Crippen LogP contribution is -2.01. The van der Waals surface area contributed by atoms with Crippen molar-refractivity contribution in [2.24, 2.45) is 0 Å². The Balaban J connectivity index is 0.000000921. The quantitative estimate of drug-likeness (QED) is 0.602. The number of anilines is 1. The third-order valence-corrected chi connectivity index (χ3v) is 2.60. The van der Waals surface area contributed by atoms with Gasteiger partial charge in [0.05, 0.1) is 5.56 Å². The van der Waals surface area contributed by atoms with E-state index in [0.717, 1.165) is 5.56 Å². The number of aryl methyl sites for hydroxylation is 1. The van der Waals surface area contributed by atoms with Crippen molar-refractivity contribution in [3.63, 3.8) is 0 Å². The van der Waals surface area contributed by atoms with E-state index in [4.69, 9.17) is 10.8 Å². The average molecular weight is 227 g/mol. The van der Waals surface area contributed by atoms with Crippen LogP contribution in [0.25, 0.3) is 0 Å². The topological polar surface area (TPSA) is 63.3 Å². The van der Waals surface area contributed by atoms with Gasteiger partial charge < -0.3 is 10.8 Å². The van der Waals surface area contributed by atoms with Crippen molar-refractivity contribution in [1.29, 1.82) is 0 Å². The van der Waals surface area contributed by atoms with Gasteiger partial charge in [-0.3, -0.25) is 0 Å². The number of nitrogen functional groups attached to an aromatic ring is 1. The molecule has 3 N–H and O–H groups in total. The van der Waals surface area contributed by atoms with Gasteiger partial charge in [-0.25, -0.2) is 4.79 Å². The lowest BCUT2D eigenvalue weighted by atomic mass is 10.1. The molecule has 0 saturated heterocycles. The van der Waals surface area contributed by atoms with E-state index < -0.39 is 5.97 Å². The normalized spacial score (nSPS) is 9.07. The minimum atomic E-state index is -0.910. The lowest BCUT2D eigenvalue weighted by Gasteiger charge is -2.06. The van der Waals surface area contributed by atoms with E-state index in [1.807, 2.05) is 20.1 Å². The van der Waals surface area contributed by atoms with Gasteiger partial charge in [0.15, 0.2) is 0 Å². The molecule has 1 aromatic rings. The first-order chi connectivity index (χ1) is 7.06. The SMILES string of the molecule is CC.CSc1cc(N)c(C)cc1C(=O)O. The molecule has 3 nitrogen and oxygen atoms in total. The van der Waals surface area contributed by atoms with Crippen molar-refractivity contribution in [2.75, 3.05) is 12.0 Å². The van der Waals surface area contributed by atoms with E-state index in [0.29, 0.717) is 16.1 Å². The molecule has 84 valence electrons. The molecule has 0 heterocycles. The first-order valence-corrected chi connectivity index (χ1v) is 5.96. The molecule has 0 atom stereocenters. The van der Waals surface area contributed by atoms with Gasteiger partial charge in [0.1, 0.15) is 0 Å². The standard InChI is InChI=1S/C9H11NO2S.C2H6/c1-5-3-6(9(11)12)8(13-2)4-7(5)10;1-2/h3-4H,10H2,1-2H3,(H,11,12);1-2H3. The zero-order chi connectivity index (χ0) is 12.0. The summed E-state index contributed by atoms with van der Waals surface area (Å²) in [5.74, 6) is -0.910. The molecule has 0 saturated carbocycles. The van der Waals surface area contributed by atoms with Crippen LogP contribution in [0.5, 0.6) is 0 Å². The van der Waals surface area contributed by atoms with Gasteiger partial charge in [0.2, 0.25) is 0 Å². The number of hydrogen-bond donors (Lipinski definition) is 2. The van der Waals surface area contributed by atoms with Gasteiger partial charge in [-0.1, -0.05) is 13.8 Å². The summed E-state index contributed by atoms with van der Waals surface area (Å²) in [6, 6.07) is 3.30. The summed E-state index contributed by atoms with van der Waals surface area (Å²) in [4.78, 5) is 11.5. The van der Waals surface area contributed by atoms with Gasteiger partial charge in [-0.15, -0.1) is 11.8 Å². The van der Waals surface area contributed by atoms with Crippen LogP contribution >= 0.6 is 11.8 Å².